The molecule has 0 aliphatic rings. The molecule has 0 aromatic carbocycles. The third kappa shape index (κ3) is 5.02. The minimum absolute atomic E-state index is 0. The summed E-state index contributed by atoms with van der Waals surface area (Å²) in [6, 6.07) is 0. The Morgan fingerprint density at radius 1 is 0.929 bits per heavy atom. The quantitative estimate of drug-likeness (QED) is 0.448. The van der Waals surface area contributed by atoms with Gasteiger partial charge in [0, 0.05) is 0 Å². The standard InChI is InChI=1S/C6H8O7.Sn/c7-3(8)1-6(13,5(11)12)2-4(9)10;/h13H,1-2H2,(H,7,8)(H,9,10)(H,11,12);/q;+4. The molecule has 0 unspecified atom stereocenters. The van der Waals surface area contributed by atoms with Crippen molar-refractivity contribution in [1.82, 2.24) is 0 Å². The molecular weight excluding hydrogens is 303 g/mol. The molecule has 4 N–H and O–H groups in total. The maximum Gasteiger partial charge on any atom is 4.00 e. The van der Waals surface area contributed by atoms with Crippen LogP contribution in [0.25, 0.3) is 0 Å². The van der Waals surface area contributed by atoms with E-state index in [1.807, 2.05) is 0 Å². The minimum Gasteiger partial charge on any atom is -0.481 e. The van der Waals surface area contributed by atoms with Gasteiger partial charge in [0.05, 0.1) is 12.8 Å². The van der Waals surface area contributed by atoms with Crippen LogP contribution < -0.4 is 0 Å². The van der Waals surface area contributed by atoms with Crippen LogP contribution in [-0.4, -0.2) is 67.8 Å². The van der Waals surface area contributed by atoms with Gasteiger partial charge in [-0.1, -0.05) is 0 Å². The SMILES string of the molecule is O=C(O)CC(O)(CC(=O)O)C(=O)O.[Sn+4]. The molecule has 0 aromatic heterocycles. The molecule has 0 saturated heterocycles. The first-order chi connectivity index (χ1) is 5.78. The molecule has 0 aliphatic heterocycles. The Labute approximate surface area is 95.3 Å². The summed E-state index contributed by atoms with van der Waals surface area (Å²) < 4.78 is 0. The Kier molecular flexibility index (Phi) is 6.48. The summed E-state index contributed by atoms with van der Waals surface area (Å²) in [6.45, 7) is 0. The maximum atomic E-state index is 10.3. The number of rotatable bonds is 5. The summed E-state index contributed by atoms with van der Waals surface area (Å²) in [4.78, 5) is 30.5. The monoisotopic (exact) mass is 312 g/mol. The van der Waals surface area contributed by atoms with Crippen molar-refractivity contribution < 1.29 is 34.8 Å². The van der Waals surface area contributed by atoms with Crippen molar-refractivity contribution in [2.24, 2.45) is 0 Å². The molecule has 14 heavy (non-hydrogen) atoms. The molecule has 0 radical (unpaired) electrons. The van der Waals surface area contributed by atoms with Crippen molar-refractivity contribution in [1.29, 1.82) is 0 Å². The molecule has 74 valence electrons. The molecule has 0 rings (SSSR count). The number of carboxylic acids is 3. The van der Waals surface area contributed by atoms with E-state index in [0.29, 0.717) is 0 Å². The van der Waals surface area contributed by atoms with Crippen molar-refractivity contribution in [2.45, 2.75) is 18.4 Å². The van der Waals surface area contributed by atoms with Crippen molar-refractivity contribution in [3.63, 3.8) is 0 Å². The van der Waals surface area contributed by atoms with E-state index in [2.05, 4.69) is 0 Å². The number of hydrogen-bond donors (Lipinski definition) is 4. The number of carbonyl (C=O) groups is 3. The van der Waals surface area contributed by atoms with E-state index >= 15 is 0 Å². The zero-order chi connectivity index (χ0) is 10.6. The Morgan fingerprint density at radius 3 is 1.36 bits per heavy atom. The van der Waals surface area contributed by atoms with Crippen LogP contribution in [-0.2, 0) is 14.4 Å². The van der Waals surface area contributed by atoms with E-state index in [1.165, 1.54) is 0 Å². The zero-order valence-electron chi connectivity index (χ0n) is 6.93. The molecular formula is C6H8O7Sn+4. The van der Waals surface area contributed by atoms with Gasteiger partial charge in [-0.15, -0.1) is 0 Å². The van der Waals surface area contributed by atoms with Gasteiger partial charge in [0.15, 0.2) is 5.60 Å². The predicted octanol–water partition coefficient (Wildman–Crippen LogP) is -1.63. The molecule has 0 fully saturated rings. The van der Waals surface area contributed by atoms with Gasteiger partial charge in [-0.05, 0) is 0 Å². The Bertz CT molecular complexity index is 233. The summed E-state index contributed by atoms with van der Waals surface area (Å²) in [5.74, 6) is -5.02. The first-order valence-electron chi connectivity index (χ1n) is 3.17. The van der Waals surface area contributed by atoms with Gasteiger partial charge < -0.3 is 20.4 Å². The van der Waals surface area contributed by atoms with E-state index in [-0.39, 0.29) is 23.9 Å². The van der Waals surface area contributed by atoms with Crippen molar-refractivity contribution in [2.75, 3.05) is 0 Å². The molecule has 8 heteroatoms. The fraction of sp³-hybridized carbons (Fsp3) is 0.500. The summed E-state index contributed by atoms with van der Waals surface area (Å²) in [5.41, 5.74) is -2.74. The third-order valence-electron chi connectivity index (χ3n) is 1.29. The van der Waals surface area contributed by atoms with Gasteiger partial charge in [-0.25, -0.2) is 4.79 Å². The van der Waals surface area contributed by atoms with Gasteiger partial charge in [-0.3, -0.25) is 9.59 Å². The van der Waals surface area contributed by atoms with E-state index in [9.17, 15) is 14.4 Å². The molecule has 0 aliphatic carbocycles. The second kappa shape index (κ2) is 5.81. The van der Waals surface area contributed by atoms with Crippen LogP contribution in [0.4, 0.5) is 0 Å². The zero-order valence-corrected chi connectivity index (χ0v) is 9.78. The van der Waals surface area contributed by atoms with Crippen molar-refractivity contribution >= 4 is 41.8 Å². The number of aliphatic hydroxyl groups is 1. The van der Waals surface area contributed by atoms with Crippen LogP contribution in [0.2, 0.25) is 0 Å². The van der Waals surface area contributed by atoms with Crippen LogP contribution in [0.1, 0.15) is 12.8 Å². The van der Waals surface area contributed by atoms with E-state index in [1.54, 1.807) is 0 Å². The molecule has 0 bridgehead atoms. The van der Waals surface area contributed by atoms with Crippen LogP contribution in [0, 0.1) is 0 Å². The maximum absolute atomic E-state index is 10.3. The molecule has 0 spiro atoms. The molecule has 7 nitrogen and oxygen atoms in total. The first kappa shape index (κ1) is 15.6. The Hall–Kier alpha value is -0.831. The average molecular weight is 311 g/mol. The van der Waals surface area contributed by atoms with Crippen LogP contribution in [0.15, 0.2) is 0 Å². The summed E-state index contributed by atoms with van der Waals surface area (Å²) in [5, 5.41) is 33.8. The van der Waals surface area contributed by atoms with Gasteiger partial charge in [-0.2, -0.15) is 0 Å². The van der Waals surface area contributed by atoms with Gasteiger partial charge in [0.1, 0.15) is 0 Å². The van der Waals surface area contributed by atoms with Gasteiger partial charge >= 0.3 is 41.8 Å². The minimum atomic E-state index is -2.74. The molecule has 0 aromatic rings. The van der Waals surface area contributed by atoms with Crippen molar-refractivity contribution in [3.8, 4) is 0 Å². The Balaban J connectivity index is 0. The van der Waals surface area contributed by atoms with Crippen LogP contribution >= 0.6 is 0 Å². The Morgan fingerprint density at radius 2 is 1.21 bits per heavy atom. The summed E-state index contributed by atoms with van der Waals surface area (Å²) in [6.07, 6.45) is -2.29. The third-order valence-corrected chi connectivity index (χ3v) is 1.29. The average Bonchev–Trinajstić information content (AvgIpc) is 1.82. The van der Waals surface area contributed by atoms with Crippen LogP contribution in [0.5, 0.6) is 0 Å². The normalized spacial score (nSPS) is 10.1. The van der Waals surface area contributed by atoms with Gasteiger partial charge in [0.25, 0.3) is 0 Å². The fourth-order valence-electron chi connectivity index (χ4n) is 0.714. The molecule has 0 heterocycles. The van der Waals surface area contributed by atoms with E-state index in [0.717, 1.165) is 0 Å². The largest absolute Gasteiger partial charge is 4.00 e. The van der Waals surface area contributed by atoms with E-state index < -0.39 is 36.4 Å². The second-order valence-corrected chi connectivity index (χ2v) is 2.48. The fourth-order valence-corrected chi connectivity index (χ4v) is 0.714. The molecule has 0 atom stereocenters. The number of carboxylic acid groups (broad SMARTS) is 3. The van der Waals surface area contributed by atoms with E-state index in [4.69, 9.17) is 20.4 Å². The first-order valence-corrected chi connectivity index (χ1v) is 3.17. The predicted molar refractivity (Wildman–Crippen MR) is 42.8 cm³/mol. The molecule has 0 saturated carbocycles. The summed E-state index contributed by atoms with van der Waals surface area (Å²) >= 11 is 0. The van der Waals surface area contributed by atoms with Gasteiger partial charge in [0.2, 0.25) is 0 Å². The van der Waals surface area contributed by atoms with Crippen LogP contribution in [0.3, 0.4) is 0 Å². The molecule has 0 amide bonds. The number of aliphatic carboxylic acids is 3. The van der Waals surface area contributed by atoms with Crippen molar-refractivity contribution in [3.05, 3.63) is 0 Å². The second-order valence-electron chi connectivity index (χ2n) is 2.48. The topological polar surface area (TPSA) is 132 Å². The summed E-state index contributed by atoms with van der Waals surface area (Å²) in [7, 11) is 0. The smallest absolute Gasteiger partial charge is 0.481 e. The number of hydrogen-bond acceptors (Lipinski definition) is 4.